The van der Waals surface area contributed by atoms with Crippen molar-refractivity contribution in [3.05, 3.63) is 69.7 Å². The molecular formula is C14H10Cl2O. The highest BCUT2D eigenvalue weighted by molar-refractivity contribution is 6.42. The minimum atomic E-state index is 0.0731. The molecule has 0 atom stereocenters. The van der Waals surface area contributed by atoms with Crippen LogP contribution in [0.3, 0.4) is 0 Å². The summed E-state index contributed by atoms with van der Waals surface area (Å²) in [5.74, 6) is 0.0731. The van der Waals surface area contributed by atoms with E-state index in [1.165, 1.54) is 0 Å². The Kier molecular flexibility index (Phi) is 3.82. The predicted molar refractivity (Wildman–Crippen MR) is 70.9 cm³/mol. The Morgan fingerprint density at radius 3 is 2.29 bits per heavy atom. The van der Waals surface area contributed by atoms with E-state index in [9.17, 15) is 4.79 Å². The number of halogens is 2. The number of benzene rings is 2. The van der Waals surface area contributed by atoms with Crippen LogP contribution in [-0.2, 0) is 6.42 Å². The van der Waals surface area contributed by atoms with E-state index >= 15 is 0 Å². The van der Waals surface area contributed by atoms with Gasteiger partial charge in [-0.3, -0.25) is 4.79 Å². The van der Waals surface area contributed by atoms with E-state index in [1.807, 2.05) is 24.3 Å². The van der Waals surface area contributed by atoms with Crippen LogP contribution in [0.1, 0.15) is 15.9 Å². The molecule has 2 aromatic rings. The number of hydrogen-bond donors (Lipinski definition) is 0. The van der Waals surface area contributed by atoms with Crippen LogP contribution in [-0.4, -0.2) is 5.78 Å². The first-order valence-electron chi connectivity index (χ1n) is 5.19. The van der Waals surface area contributed by atoms with Gasteiger partial charge in [-0.2, -0.15) is 0 Å². The highest BCUT2D eigenvalue weighted by Crippen LogP contribution is 2.23. The normalized spacial score (nSPS) is 10.2. The van der Waals surface area contributed by atoms with Crippen LogP contribution in [0.5, 0.6) is 0 Å². The van der Waals surface area contributed by atoms with E-state index < -0.39 is 0 Å². The lowest BCUT2D eigenvalue weighted by molar-refractivity contribution is 0.0993. The van der Waals surface area contributed by atoms with E-state index in [-0.39, 0.29) is 5.78 Å². The second-order valence-electron chi connectivity index (χ2n) is 3.71. The van der Waals surface area contributed by atoms with Gasteiger partial charge in [0.05, 0.1) is 10.0 Å². The second kappa shape index (κ2) is 5.35. The molecule has 0 saturated carbocycles. The van der Waals surface area contributed by atoms with Crippen molar-refractivity contribution < 1.29 is 4.79 Å². The molecule has 0 saturated heterocycles. The molecule has 0 amide bonds. The molecule has 0 aromatic heterocycles. The van der Waals surface area contributed by atoms with Crippen molar-refractivity contribution >= 4 is 29.0 Å². The van der Waals surface area contributed by atoms with Crippen LogP contribution in [0.2, 0.25) is 10.0 Å². The number of Topliss-reactive ketones (excluding diaryl/α,β-unsaturated/α-hetero) is 1. The zero-order chi connectivity index (χ0) is 12.3. The Morgan fingerprint density at radius 2 is 1.65 bits per heavy atom. The monoisotopic (exact) mass is 264 g/mol. The van der Waals surface area contributed by atoms with Crippen LogP contribution in [0, 0.1) is 0 Å². The van der Waals surface area contributed by atoms with Gasteiger partial charge < -0.3 is 0 Å². The third kappa shape index (κ3) is 3.09. The van der Waals surface area contributed by atoms with E-state index in [0.717, 1.165) is 5.56 Å². The van der Waals surface area contributed by atoms with Gasteiger partial charge in [0.15, 0.2) is 5.78 Å². The van der Waals surface area contributed by atoms with Crippen LogP contribution < -0.4 is 0 Å². The van der Waals surface area contributed by atoms with E-state index in [1.54, 1.807) is 24.3 Å². The lowest BCUT2D eigenvalue weighted by Crippen LogP contribution is -2.03. The minimum Gasteiger partial charge on any atom is -0.294 e. The largest absolute Gasteiger partial charge is 0.294 e. The maximum atomic E-state index is 11.9. The molecule has 0 bridgehead atoms. The summed E-state index contributed by atoms with van der Waals surface area (Å²) in [6.45, 7) is 0. The summed E-state index contributed by atoms with van der Waals surface area (Å²) in [4.78, 5) is 11.9. The SMILES string of the molecule is O=C(Cc1ccc(Cl)c(Cl)c1)c1ccccc1. The summed E-state index contributed by atoms with van der Waals surface area (Å²) in [6, 6.07) is 14.4. The summed E-state index contributed by atoms with van der Waals surface area (Å²) in [5, 5.41) is 0.979. The Balaban J connectivity index is 2.16. The third-order valence-corrected chi connectivity index (χ3v) is 3.18. The molecule has 0 heterocycles. The fraction of sp³-hybridized carbons (Fsp3) is 0.0714. The molecule has 0 radical (unpaired) electrons. The van der Waals surface area contributed by atoms with Crippen LogP contribution in [0.15, 0.2) is 48.5 Å². The van der Waals surface area contributed by atoms with Gasteiger partial charge in [0.2, 0.25) is 0 Å². The maximum absolute atomic E-state index is 11.9. The van der Waals surface area contributed by atoms with Gasteiger partial charge in [-0.1, -0.05) is 59.6 Å². The quantitative estimate of drug-likeness (QED) is 0.751. The molecule has 0 aliphatic carbocycles. The topological polar surface area (TPSA) is 17.1 Å². The fourth-order valence-electron chi connectivity index (χ4n) is 1.56. The van der Waals surface area contributed by atoms with Crippen LogP contribution in [0.25, 0.3) is 0 Å². The average Bonchev–Trinajstić information content (AvgIpc) is 2.35. The highest BCUT2D eigenvalue weighted by atomic mass is 35.5. The Labute approximate surface area is 110 Å². The standard InChI is InChI=1S/C14H10Cl2O/c15-12-7-6-10(8-13(12)16)9-14(17)11-4-2-1-3-5-11/h1-8H,9H2. The molecule has 3 heteroatoms. The molecule has 1 nitrogen and oxygen atoms in total. The molecule has 0 N–H and O–H groups in total. The fourth-order valence-corrected chi connectivity index (χ4v) is 1.88. The second-order valence-corrected chi connectivity index (χ2v) is 4.53. The molecule has 2 aromatic carbocycles. The lowest BCUT2D eigenvalue weighted by Gasteiger charge is -2.03. The number of carbonyl (C=O) groups is 1. The zero-order valence-electron chi connectivity index (χ0n) is 8.99. The molecule has 0 unspecified atom stereocenters. The summed E-state index contributed by atoms with van der Waals surface area (Å²) >= 11 is 11.7. The Bertz CT molecular complexity index is 535. The van der Waals surface area contributed by atoms with E-state index in [0.29, 0.717) is 22.0 Å². The number of carbonyl (C=O) groups excluding carboxylic acids is 1. The summed E-state index contributed by atoms with van der Waals surface area (Å²) < 4.78 is 0. The number of ketones is 1. The summed E-state index contributed by atoms with van der Waals surface area (Å²) in [7, 11) is 0. The van der Waals surface area contributed by atoms with Gasteiger partial charge >= 0.3 is 0 Å². The van der Waals surface area contributed by atoms with Crippen molar-refractivity contribution in [3.63, 3.8) is 0 Å². The molecule has 2 rings (SSSR count). The summed E-state index contributed by atoms with van der Waals surface area (Å²) in [6.07, 6.45) is 0.334. The molecule has 0 aliphatic heterocycles. The van der Waals surface area contributed by atoms with Crippen molar-refractivity contribution in [2.45, 2.75) is 6.42 Å². The van der Waals surface area contributed by atoms with Crippen molar-refractivity contribution in [2.24, 2.45) is 0 Å². The third-order valence-electron chi connectivity index (χ3n) is 2.44. The minimum absolute atomic E-state index is 0.0731. The van der Waals surface area contributed by atoms with E-state index in [2.05, 4.69) is 0 Å². The molecule has 0 spiro atoms. The summed E-state index contributed by atoms with van der Waals surface area (Å²) in [5.41, 5.74) is 1.58. The first-order valence-corrected chi connectivity index (χ1v) is 5.94. The Hall–Kier alpha value is -1.31. The van der Waals surface area contributed by atoms with Crippen molar-refractivity contribution in [2.75, 3.05) is 0 Å². The van der Waals surface area contributed by atoms with Crippen molar-refractivity contribution in [1.82, 2.24) is 0 Å². The highest BCUT2D eigenvalue weighted by Gasteiger charge is 2.07. The zero-order valence-corrected chi connectivity index (χ0v) is 10.5. The predicted octanol–water partition coefficient (Wildman–Crippen LogP) is 4.42. The van der Waals surface area contributed by atoms with Crippen molar-refractivity contribution in [3.8, 4) is 0 Å². The van der Waals surface area contributed by atoms with Gasteiger partial charge in [0, 0.05) is 12.0 Å². The molecule has 0 aliphatic rings. The molecule has 17 heavy (non-hydrogen) atoms. The average molecular weight is 265 g/mol. The van der Waals surface area contributed by atoms with Crippen LogP contribution >= 0.6 is 23.2 Å². The number of rotatable bonds is 3. The maximum Gasteiger partial charge on any atom is 0.167 e. The van der Waals surface area contributed by atoms with Gasteiger partial charge in [0.1, 0.15) is 0 Å². The van der Waals surface area contributed by atoms with E-state index in [4.69, 9.17) is 23.2 Å². The first kappa shape index (κ1) is 12.2. The van der Waals surface area contributed by atoms with Gasteiger partial charge in [-0.15, -0.1) is 0 Å². The van der Waals surface area contributed by atoms with Gasteiger partial charge in [-0.05, 0) is 17.7 Å². The smallest absolute Gasteiger partial charge is 0.167 e. The van der Waals surface area contributed by atoms with Gasteiger partial charge in [-0.25, -0.2) is 0 Å². The van der Waals surface area contributed by atoms with Crippen LogP contribution in [0.4, 0.5) is 0 Å². The number of hydrogen-bond acceptors (Lipinski definition) is 1. The molecule has 0 fully saturated rings. The Morgan fingerprint density at radius 1 is 0.941 bits per heavy atom. The first-order chi connectivity index (χ1) is 8.16. The van der Waals surface area contributed by atoms with Gasteiger partial charge in [0.25, 0.3) is 0 Å². The molecule has 86 valence electrons. The lowest BCUT2D eigenvalue weighted by atomic mass is 10.0. The molecular weight excluding hydrogens is 255 g/mol. The van der Waals surface area contributed by atoms with Crippen molar-refractivity contribution in [1.29, 1.82) is 0 Å².